The largest absolute Gasteiger partial charge is 0.459 e. The Morgan fingerprint density at radius 3 is 1.30 bits per heavy atom. The van der Waals surface area contributed by atoms with Crippen LogP contribution in [0.1, 0.15) is 57.1 Å². The topological polar surface area (TPSA) is 169 Å². The molecule has 0 aliphatic rings. The fourth-order valence-electron chi connectivity index (χ4n) is 3.69. The average Bonchev–Trinajstić information content (AvgIpc) is 3.01. The number of nitrogens with one attached hydrogen (secondary N) is 4. The van der Waals surface area contributed by atoms with Crippen molar-refractivity contribution in [1.29, 1.82) is 0 Å². The number of hydrogen-bond donors (Lipinski definition) is 4. The molecule has 0 spiro atoms. The van der Waals surface area contributed by atoms with Gasteiger partial charge in [-0.25, -0.2) is 9.59 Å². The van der Waals surface area contributed by atoms with Crippen LogP contribution in [0.15, 0.2) is 60.7 Å². The Hall–Kier alpha value is -4.74. The van der Waals surface area contributed by atoms with Gasteiger partial charge in [0.1, 0.15) is 25.3 Å². The molecule has 2 atom stereocenters. The molecule has 4 N–H and O–H groups in total. The fourth-order valence-corrected chi connectivity index (χ4v) is 3.69. The molecule has 2 aromatic rings. The first kappa shape index (κ1) is 34.5. The minimum Gasteiger partial charge on any atom is -0.459 e. The Labute approximate surface area is 251 Å². The summed E-state index contributed by atoms with van der Waals surface area (Å²) in [7, 11) is 0. The molecule has 2 rings (SSSR count). The molecule has 0 saturated heterocycles. The molecule has 12 nitrogen and oxygen atoms in total. The van der Waals surface area contributed by atoms with Gasteiger partial charge in [-0.1, -0.05) is 67.1 Å². The lowest BCUT2D eigenvalue weighted by molar-refractivity contribution is -0.149. The Balaban J connectivity index is 1.48. The van der Waals surface area contributed by atoms with Gasteiger partial charge in [0, 0.05) is 12.8 Å². The maximum Gasteiger partial charge on any atom is 0.328 e. The number of unbranched alkanes of at least 4 members (excludes halogenated alkanes) is 2. The highest BCUT2D eigenvalue weighted by atomic mass is 16.5. The van der Waals surface area contributed by atoms with Crippen molar-refractivity contribution < 1.29 is 38.2 Å². The molecule has 4 amide bonds. The van der Waals surface area contributed by atoms with Crippen molar-refractivity contribution in [2.75, 3.05) is 13.1 Å². The van der Waals surface area contributed by atoms with Crippen LogP contribution in [-0.4, -0.2) is 60.7 Å². The number of rotatable bonds is 18. The number of hydrogen-bond acceptors (Lipinski definition) is 8. The van der Waals surface area contributed by atoms with Crippen LogP contribution in [0.2, 0.25) is 0 Å². The normalized spacial score (nSPS) is 11.8. The zero-order chi connectivity index (χ0) is 31.5. The van der Waals surface area contributed by atoms with Gasteiger partial charge < -0.3 is 30.7 Å². The van der Waals surface area contributed by atoms with Crippen molar-refractivity contribution in [2.45, 2.75) is 71.2 Å². The zero-order valence-corrected chi connectivity index (χ0v) is 24.6. The van der Waals surface area contributed by atoms with E-state index in [1.165, 1.54) is 13.8 Å². The first-order chi connectivity index (χ1) is 20.6. The summed E-state index contributed by atoms with van der Waals surface area (Å²) >= 11 is 0. The Morgan fingerprint density at radius 1 is 0.558 bits per heavy atom. The molecule has 2 aromatic carbocycles. The summed E-state index contributed by atoms with van der Waals surface area (Å²) in [4.78, 5) is 72.2. The van der Waals surface area contributed by atoms with Crippen molar-refractivity contribution in [1.82, 2.24) is 21.3 Å². The number of esters is 2. The number of carbonyl (C=O) groups excluding carboxylic acids is 6. The highest BCUT2D eigenvalue weighted by Gasteiger charge is 2.18. The van der Waals surface area contributed by atoms with Gasteiger partial charge in [-0.05, 0) is 37.8 Å². The molecule has 0 saturated carbocycles. The maximum absolute atomic E-state index is 12.1. The van der Waals surface area contributed by atoms with E-state index < -0.39 is 35.8 Å². The summed E-state index contributed by atoms with van der Waals surface area (Å²) in [5.41, 5.74) is 1.66. The summed E-state index contributed by atoms with van der Waals surface area (Å²) in [6.45, 7) is 2.65. The summed E-state index contributed by atoms with van der Waals surface area (Å²) in [6, 6.07) is 16.6. The lowest BCUT2D eigenvalue weighted by Gasteiger charge is -2.14. The molecule has 0 unspecified atom stereocenters. The molecule has 43 heavy (non-hydrogen) atoms. The van der Waals surface area contributed by atoms with Crippen LogP contribution in [0.4, 0.5) is 0 Å². The predicted octanol–water partition coefficient (Wildman–Crippen LogP) is 1.67. The number of benzene rings is 2. The molecule has 0 aromatic heterocycles. The lowest BCUT2D eigenvalue weighted by Crippen LogP contribution is -2.44. The smallest absolute Gasteiger partial charge is 0.328 e. The van der Waals surface area contributed by atoms with Crippen LogP contribution >= 0.6 is 0 Å². The van der Waals surface area contributed by atoms with Gasteiger partial charge in [-0.3, -0.25) is 19.2 Å². The van der Waals surface area contributed by atoms with Crippen LogP contribution in [0.3, 0.4) is 0 Å². The van der Waals surface area contributed by atoms with E-state index in [1.807, 2.05) is 60.7 Å². The average molecular weight is 597 g/mol. The molecule has 0 radical (unpaired) electrons. The van der Waals surface area contributed by atoms with Gasteiger partial charge in [0.25, 0.3) is 0 Å². The van der Waals surface area contributed by atoms with Gasteiger partial charge in [-0.15, -0.1) is 0 Å². The van der Waals surface area contributed by atoms with E-state index in [0.29, 0.717) is 19.3 Å². The third kappa shape index (κ3) is 15.2. The van der Waals surface area contributed by atoms with Crippen molar-refractivity contribution >= 4 is 35.6 Å². The minimum atomic E-state index is -0.866. The molecule has 0 bridgehead atoms. The zero-order valence-electron chi connectivity index (χ0n) is 24.6. The SMILES string of the molecule is C[C@H](NC(=O)CNC(=O)CCCCCC(=O)NCC(=O)N[C@@H](C)C(=O)OCc1ccccc1)C(=O)OCc1ccccc1. The van der Waals surface area contributed by atoms with E-state index in [2.05, 4.69) is 21.3 Å². The second kappa shape index (κ2) is 19.4. The Morgan fingerprint density at radius 2 is 0.930 bits per heavy atom. The van der Waals surface area contributed by atoms with Crippen LogP contribution in [-0.2, 0) is 51.5 Å². The Bertz CT molecular complexity index is 1110. The van der Waals surface area contributed by atoms with E-state index in [0.717, 1.165) is 11.1 Å². The molecule has 0 aliphatic heterocycles. The van der Waals surface area contributed by atoms with E-state index in [-0.39, 0.29) is 51.0 Å². The third-order valence-corrected chi connectivity index (χ3v) is 6.11. The number of ether oxygens (including phenoxy) is 2. The van der Waals surface area contributed by atoms with Gasteiger partial charge in [0.05, 0.1) is 13.1 Å². The number of carbonyl (C=O) groups is 6. The van der Waals surface area contributed by atoms with E-state index in [9.17, 15) is 28.8 Å². The fraction of sp³-hybridized carbons (Fsp3) is 0.419. The molecule has 232 valence electrons. The van der Waals surface area contributed by atoms with Crippen molar-refractivity contribution in [3.05, 3.63) is 71.8 Å². The van der Waals surface area contributed by atoms with Gasteiger partial charge in [0.2, 0.25) is 23.6 Å². The summed E-state index contributed by atoms with van der Waals surface area (Å²) in [6.07, 6.45) is 1.94. The summed E-state index contributed by atoms with van der Waals surface area (Å²) in [5.74, 6) is -2.85. The molecule has 0 fully saturated rings. The molecule has 0 aliphatic carbocycles. The molecule has 12 heteroatoms. The molecular formula is C31H40N4O8. The lowest BCUT2D eigenvalue weighted by atomic mass is 10.1. The third-order valence-electron chi connectivity index (χ3n) is 6.11. The second-order valence-electron chi connectivity index (χ2n) is 9.88. The highest BCUT2D eigenvalue weighted by Crippen LogP contribution is 2.04. The maximum atomic E-state index is 12.1. The summed E-state index contributed by atoms with van der Waals surface area (Å²) in [5, 5.41) is 9.96. The van der Waals surface area contributed by atoms with E-state index in [1.54, 1.807) is 0 Å². The standard InChI is InChI=1S/C31H40N4O8/c1-22(30(40)42-20-24-12-6-3-7-13-24)34-28(38)18-32-26(36)16-10-5-11-17-27(37)33-19-29(39)35-23(2)31(41)43-21-25-14-8-4-9-15-25/h3-4,6-9,12-15,22-23H,5,10-11,16-21H2,1-2H3,(H,32,36)(H,33,37)(H,34,38)(H,35,39)/t22-,23-/m0/s1. The van der Waals surface area contributed by atoms with Crippen LogP contribution in [0.5, 0.6) is 0 Å². The van der Waals surface area contributed by atoms with Crippen molar-refractivity contribution in [2.24, 2.45) is 0 Å². The van der Waals surface area contributed by atoms with E-state index in [4.69, 9.17) is 9.47 Å². The van der Waals surface area contributed by atoms with Crippen LogP contribution in [0, 0.1) is 0 Å². The van der Waals surface area contributed by atoms with Crippen molar-refractivity contribution in [3.8, 4) is 0 Å². The van der Waals surface area contributed by atoms with Crippen LogP contribution in [0.25, 0.3) is 0 Å². The second-order valence-corrected chi connectivity index (χ2v) is 9.88. The quantitative estimate of drug-likeness (QED) is 0.149. The summed E-state index contributed by atoms with van der Waals surface area (Å²) < 4.78 is 10.3. The van der Waals surface area contributed by atoms with E-state index >= 15 is 0 Å². The highest BCUT2D eigenvalue weighted by molar-refractivity contribution is 5.89. The molecular weight excluding hydrogens is 556 g/mol. The van der Waals surface area contributed by atoms with Crippen molar-refractivity contribution in [3.63, 3.8) is 0 Å². The van der Waals surface area contributed by atoms with Crippen LogP contribution < -0.4 is 21.3 Å². The van der Waals surface area contributed by atoms with Gasteiger partial charge >= 0.3 is 11.9 Å². The number of amides is 4. The predicted molar refractivity (Wildman–Crippen MR) is 157 cm³/mol. The molecule has 0 heterocycles. The monoisotopic (exact) mass is 596 g/mol. The minimum absolute atomic E-state index is 0.0980. The van der Waals surface area contributed by atoms with Gasteiger partial charge in [-0.2, -0.15) is 0 Å². The van der Waals surface area contributed by atoms with Gasteiger partial charge in [0.15, 0.2) is 0 Å². The first-order valence-corrected chi connectivity index (χ1v) is 14.2. The first-order valence-electron chi connectivity index (χ1n) is 14.2. The Kier molecular flexibility index (Phi) is 15.5.